The van der Waals surface area contributed by atoms with Crippen molar-refractivity contribution in [3.05, 3.63) is 51.7 Å². The second-order valence-electron chi connectivity index (χ2n) is 4.70. The summed E-state index contributed by atoms with van der Waals surface area (Å²) in [5, 5.41) is 2.95. The molecule has 1 aromatic heterocycles. The molecule has 20 heavy (non-hydrogen) atoms. The highest BCUT2D eigenvalue weighted by molar-refractivity contribution is 7.09. The van der Waals surface area contributed by atoms with Gasteiger partial charge in [-0.15, -0.1) is 11.3 Å². The van der Waals surface area contributed by atoms with Gasteiger partial charge in [0, 0.05) is 18.8 Å². The summed E-state index contributed by atoms with van der Waals surface area (Å²) in [7, 11) is 1.75. The van der Waals surface area contributed by atoms with Crippen molar-refractivity contribution >= 4 is 17.2 Å². The minimum atomic E-state index is -0.252. The van der Waals surface area contributed by atoms with Crippen molar-refractivity contribution in [3.8, 4) is 0 Å². The Bertz CT molecular complexity index is 597. The lowest BCUT2D eigenvalue weighted by atomic mass is 10.1. The lowest BCUT2D eigenvalue weighted by molar-refractivity contribution is -0.130. The van der Waals surface area contributed by atoms with Crippen LogP contribution >= 0.6 is 11.3 Å². The molecule has 5 heteroatoms. The van der Waals surface area contributed by atoms with Crippen LogP contribution in [0.1, 0.15) is 22.7 Å². The molecule has 0 aliphatic heterocycles. The third-order valence-corrected chi connectivity index (χ3v) is 3.88. The van der Waals surface area contributed by atoms with Crippen LogP contribution in [0.4, 0.5) is 4.39 Å². The summed E-state index contributed by atoms with van der Waals surface area (Å²) in [6.07, 6.45) is 0.729. The molecule has 0 atom stereocenters. The second kappa shape index (κ2) is 6.61. The lowest BCUT2D eigenvalue weighted by Crippen LogP contribution is -2.26. The average molecular weight is 292 g/mol. The van der Waals surface area contributed by atoms with Gasteiger partial charge in [0.1, 0.15) is 5.82 Å². The van der Waals surface area contributed by atoms with E-state index in [1.165, 1.54) is 6.07 Å². The number of carbonyl (C=O) groups excluding carboxylic acids is 1. The maximum atomic E-state index is 13.5. The van der Waals surface area contributed by atoms with Gasteiger partial charge in [-0.2, -0.15) is 0 Å². The number of aromatic nitrogens is 1. The predicted octanol–water partition coefficient (Wildman–Crippen LogP) is 3.18. The van der Waals surface area contributed by atoms with Gasteiger partial charge in [-0.25, -0.2) is 9.37 Å². The first-order chi connectivity index (χ1) is 9.56. The average Bonchev–Trinajstić information content (AvgIpc) is 2.82. The number of hydrogen-bond donors (Lipinski definition) is 0. The zero-order chi connectivity index (χ0) is 14.5. The molecule has 0 N–H and O–H groups in total. The molecule has 2 aromatic rings. The zero-order valence-electron chi connectivity index (χ0n) is 11.6. The Morgan fingerprint density at radius 2 is 2.15 bits per heavy atom. The number of rotatable bonds is 5. The highest BCUT2D eigenvalue weighted by atomic mass is 32.1. The van der Waals surface area contributed by atoms with Gasteiger partial charge in [-0.1, -0.05) is 18.2 Å². The maximum absolute atomic E-state index is 13.5. The molecule has 0 unspecified atom stereocenters. The molecule has 0 aliphatic carbocycles. The normalized spacial score (nSPS) is 10.6. The van der Waals surface area contributed by atoms with Crippen LogP contribution in [0.15, 0.2) is 29.6 Å². The molecule has 1 amide bonds. The van der Waals surface area contributed by atoms with Crippen molar-refractivity contribution in [2.24, 2.45) is 0 Å². The van der Waals surface area contributed by atoms with E-state index >= 15 is 0 Å². The highest BCUT2D eigenvalue weighted by Gasteiger charge is 2.12. The summed E-state index contributed by atoms with van der Waals surface area (Å²) in [6, 6.07) is 6.57. The molecule has 106 valence electrons. The monoisotopic (exact) mass is 292 g/mol. The number of hydrogen-bond acceptors (Lipinski definition) is 3. The van der Waals surface area contributed by atoms with Crippen molar-refractivity contribution in [1.82, 2.24) is 9.88 Å². The number of aryl methyl sites for hydroxylation is 2. The van der Waals surface area contributed by atoms with Gasteiger partial charge in [0.2, 0.25) is 5.91 Å². The van der Waals surface area contributed by atoms with Gasteiger partial charge in [0.25, 0.3) is 0 Å². The SMILES string of the molecule is Cc1nc(CN(C)C(=O)CCc2ccccc2F)cs1. The van der Waals surface area contributed by atoms with E-state index in [2.05, 4.69) is 4.98 Å². The smallest absolute Gasteiger partial charge is 0.222 e. The Hall–Kier alpha value is -1.75. The number of thiazole rings is 1. The largest absolute Gasteiger partial charge is 0.340 e. The number of halogens is 1. The number of benzene rings is 1. The molecule has 0 bridgehead atoms. The van der Waals surface area contributed by atoms with Gasteiger partial charge in [-0.05, 0) is 25.0 Å². The Kier molecular flexibility index (Phi) is 4.84. The summed E-state index contributed by atoms with van der Waals surface area (Å²) in [6.45, 7) is 2.44. The van der Waals surface area contributed by atoms with Crippen LogP contribution < -0.4 is 0 Å². The first-order valence-electron chi connectivity index (χ1n) is 6.44. The zero-order valence-corrected chi connectivity index (χ0v) is 12.4. The van der Waals surface area contributed by atoms with E-state index in [-0.39, 0.29) is 11.7 Å². The van der Waals surface area contributed by atoms with Crippen molar-refractivity contribution in [3.63, 3.8) is 0 Å². The Morgan fingerprint density at radius 1 is 1.40 bits per heavy atom. The summed E-state index contributed by atoms with van der Waals surface area (Å²) >= 11 is 1.57. The molecule has 0 fully saturated rings. The fraction of sp³-hybridized carbons (Fsp3) is 0.333. The van der Waals surface area contributed by atoms with Crippen LogP contribution in [0.25, 0.3) is 0 Å². The molecule has 1 aromatic carbocycles. The summed E-state index contributed by atoms with van der Waals surface area (Å²) in [5.41, 5.74) is 1.48. The summed E-state index contributed by atoms with van der Waals surface area (Å²) in [4.78, 5) is 18.0. The van der Waals surface area contributed by atoms with Crippen LogP contribution in [0.3, 0.4) is 0 Å². The molecular formula is C15H17FN2OS. The van der Waals surface area contributed by atoms with Gasteiger partial charge in [-0.3, -0.25) is 4.79 Å². The van der Waals surface area contributed by atoms with Crippen molar-refractivity contribution in [2.75, 3.05) is 7.05 Å². The molecule has 1 heterocycles. The Labute approximate surface area is 122 Å². The van der Waals surface area contributed by atoms with E-state index in [1.807, 2.05) is 12.3 Å². The number of nitrogens with zero attached hydrogens (tertiary/aromatic N) is 2. The number of amides is 1. The predicted molar refractivity (Wildman–Crippen MR) is 78.0 cm³/mol. The third-order valence-electron chi connectivity index (χ3n) is 3.06. The standard InChI is InChI=1S/C15H17FN2OS/c1-11-17-13(10-20-11)9-18(2)15(19)8-7-12-5-3-4-6-14(12)16/h3-6,10H,7-9H2,1-2H3. The molecule has 2 rings (SSSR count). The van der Waals surface area contributed by atoms with Crippen molar-refractivity contribution in [1.29, 1.82) is 0 Å². The maximum Gasteiger partial charge on any atom is 0.222 e. The minimum Gasteiger partial charge on any atom is -0.340 e. The van der Waals surface area contributed by atoms with E-state index in [4.69, 9.17) is 0 Å². The second-order valence-corrected chi connectivity index (χ2v) is 5.76. The molecule has 0 spiro atoms. The molecule has 0 radical (unpaired) electrons. The lowest BCUT2D eigenvalue weighted by Gasteiger charge is -2.15. The van der Waals surface area contributed by atoms with Gasteiger partial charge in [0.15, 0.2) is 0 Å². The van der Waals surface area contributed by atoms with E-state index < -0.39 is 0 Å². The van der Waals surface area contributed by atoms with E-state index in [9.17, 15) is 9.18 Å². The molecule has 3 nitrogen and oxygen atoms in total. The number of carbonyl (C=O) groups is 1. The molecule has 0 saturated heterocycles. The fourth-order valence-corrected chi connectivity index (χ4v) is 2.55. The van der Waals surface area contributed by atoms with E-state index in [0.29, 0.717) is 24.9 Å². The van der Waals surface area contributed by atoms with Crippen LogP contribution in [-0.2, 0) is 17.8 Å². The third kappa shape index (κ3) is 3.87. The Balaban J connectivity index is 1.87. The van der Waals surface area contributed by atoms with E-state index in [0.717, 1.165) is 10.7 Å². The van der Waals surface area contributed by atoms with Crippen LogP contribution in [0.5, 0.6) is 0 Å². The van der Waals surface area contributed by atoms with Gasteiger partial charge < -0.3 is 4.90 Å². The van der Waals surface area contributed by atoms with Gasteiger partial charge in [0.05, 0.1) is 17.2 Å². The molecular weight excluding hydrogens is 275 g/mol. The van der Waals surface area contributed by atoms with Crippen molar-refractivity contribution in [2.45, 2.75) is 26.3 Å². The van der Waals surface area contributed by atoms with Gasteiger partial charge >= 0.3 is 0 Å². The summed E-state index contributed by atoms with van der Waals surface area (Å²) < 4.78 is 13.5. The van der Waals surface area contributed by atoms with Crippen LogP contribution in [-0.4, -0.2) is 22.8 Å². The van der Waals surface area contributed by atoms with E-state index in [1.54, 1.807) is 41.5 Å². The molecule has 0 aliphatic rings. The van der Waals surface area contributed by atoms with Crippen LogP contribution in [0.2, 0.25) is 0 Å². The van der Waals surface area contributed by atoms with Crippen LogP contribution in [0, 0.1) is 12.7 Å². The summed E-state index contributed by atoms with van der Waals surface area (Å²) in [5.74, 6) is -0.253. The minimum absolute atomic E-state index is 0.00101. The first-order valence-corrected chi connectivity index (χ1v) is 7.32. The topological polar surface area (TPSA) is 33.2 Å². The van der Waals surface area contributed by atoms with Crippen molar-refractivity contribution < 1.29 is 9.18 Å². The molecule has 0 saturated carbocycles. The quantitative estimate of drug-likeness (QED) is 0.848. The highest BCUT2D eigenvalue weighted by Crippen LogP contribution is 2.12. The first kappa shape index (κ1) is 14.7. The Morgan fingerprint density at radius 3 is 2.80 bits per heavy atom. The fourth-order valence-electron chi connectivity index (χ4n) is 1.95.